The molecule has 0 spiro atoms. The monoisotopic (exact) mass is 676 g/mol. The summed E-state index contributed by atoms with van der Waals surface area (Å²) >= 11 is 0. The summed E-state index contributed by atoms with van der Waals surface area (Å²) in [6.07, 6.45) is 3.72. The minimum absolute atomic E-state index is 0.000859. The van der Waals surface area contributed by atoms with E-state index in [1.165, 1.54) is 0 Å². The van der Waals surface area contributed by atoms with Crippen LogP contribution in [0.25, 0.3) is 11.1 Å². The van der Waals surface area contributed by atoms with Gasteiger partial charge < -0.3 is 35.8 Å². The topological polar surface area (TPSA) is 126 Å². The van der Waals surface area contributed by atoms with Gasteiger partial charge in [0.25, 0.3) is 0 Å². The average Bonchev–Trinajstić information content (AvgIpc) is 3.13. The van der Waals surface area contributed by atoms with Gasteiger partial charge in [-0.25, -0.2) is 0 Å². The first-order valence-electron chi connectivity index (χ1n) is 17.2. The van der Waals surface area contributed by atoms with E-state index in [9.17, 15) is 14.7 Å². The summed E-state index contributed by atoms with van der Waals surface area (Å²) in [6, 6.07) is 31.4. The largest absolute Gasteiger partial charge is 0.397 e. The van der Waals surface area contributed by atoms with E-state index in [1.54, 1.807) is 12.1 Å². The van der Waals surface area contributed by atoms with Crippen molar-refractivity contribution in [3.05, 3.63) is 132 Å². The zero-order valence-electron chi connectivity index (χ0n) is 28.7. The molecule has 0 bridgehead atoms. The Morgan fingerprint density at radius 1 is 0.880 bits per heavy atom. The van der Waals surface area contributed by atoms with Crippen LogP contribution in [0.5, 0.6) is 0 Å². The Morgan fingerprint density at radius 2 is 1.60 bits per heavy atom. The number of rotatable bonds is 16. The third-order valence-corrected chi connectivity index (χ3v) is 8.77. The van der Waals surface area contributed by atoms with E-state index in [0.29, 0.717) is 50.0 Å². The van der Waals surface area contributed by atoms with Crippen LogP contribution in [0.15, 0.2) is 110 Å². The maximum absolute atomic E-state index is 12.6. The van der Waals surface area contributed by atoms with E-state index in [0.717, 1.165) is 46.5 Å². The smallest absolute Gasteiger partial charge is 0.224 e. The van der Waals surface area contributed by atoms with Gasteiger partial charge in [-0.2, -0.15) is 0 Å². The van der Waals surface area contributed by atoms with Crippen molar-refractivity contribution in [2.24, 2.45) is 0 Å². The zero-order valence-corrected chi connectivity index (χ0v) is 28.7. The van der Waals surface area contributed by atoms with Crippen LogP contribution in [0.4, 0.5) is 11.4 Å². The molecule has 4 aromatic rings. The first kappa shape index (κ1) is 36.5. The number of nitrogens with one attached hydrogen (secondary N) is 2. The van der Waals surface area contributed by atoms with Gasteiger partial charge in [0.1, 0.15) is 0 Å². The van der Waals surface area contributed by atoms with Crippen LogP contribution < -0.4 is 16.4 Å². The van der Waals surface area contributed by atoms with Gasteiger partial charge in [0.05, 0.1) is 30.2 Å². The van der Waals surface area contributed by atoms with Gasteiger partial charge in [0.15, 0.2) is 6.29 Å². The molecule has 1 aliphatic heterocycles. The Morgan fingerprint density at radius 3 is 2.34 bits per heavy atom. The number of aliphatic hydroxyl groups is 1. The van der Waals surface area contributed by atoms with Crippen LogP contribution in [0.1, 0.15) is 66.8 Å². The molecule has 262 valence electrons. The quantitative estimate of drug-likeness (QED) is 0.0578. The van der Waals surface area contributed by atoms with Crippen molar-refractivity contribution < 1.29 is 24.2 Å². The Bertz CT molecular complexity index is 1730. The standard InChI is InChI=1S/C41H48N4O5/c1-3-22-45(2)27-35-25-38(31-20-18-29(28-46)19-21-31)50-41(49-35)34-13-9-12-33(24-34)32-11-8-10-30(23-32)26-43-39(47)16-6-7-17-40(48)44-37-15-5-4-14-36(37)42/h3-5,8-15,18-21,23-24,35,38,41,46H,1,6-7,16-17,22,25-28,42H2,2H3,(H,43,47)(H,44,48)/t35-,38+,41+/m1/s1. The number of para-hydroxylation sites is 2. The van der Waals surface area contributed by atoms with E-state index in [-0.39, 0.29) is 30.6 Å². The number of ether oxygens (including phenoxy) is 2. The SMILES string of the molecule is C=CCN(C)C[C@H]1C[C@@H](c2ccc(CO)cc2)O[C@@H](c2cccc(-c3cccc(CNC(=O)CCCCC(=O)Nc4ccccc4N)c3)c2)O1. The van der Waals surface area contributed by atoms with Crippen molar-refractivity contribution in [2.45, 2.75) is 63.8 Å². The normalized spacial score (nSPS) is 17.3. The van der Waals surface area contributed by atoms with Crippen LogP contribution in [0, 0.1) is 0 Å². The molecule has 50 heavy (non-hydrogen) atoms. The lowest BCUT2D eigenvalue weighted by Crippen LogP contribution is -2.37. The molecule has 9 heteroatoms. The molecule has 1 heterocycles. The number of hydrogen-bond donors (Lipinski definition) is 4. The number of amides is 2. The average molecular weight is 677 g/mol. The summed E-state index contributed by atoms with van der Waals surface area (Å²) in [5.74, 6) is -0.166. The van der Waals surface area contributed by atoms with Gasteiger partial charge in [0.2, 0.25) is 11.8 Å². The summed E-state index contributed by atoms with van der Waals surface area (Å²) in [7, 11) is 2.06. The highest BCUT2D eigenvalue weighted by Gasteiger charge is 2.32. The number of benzene rings is 4. The first-order chi connectivity index (χ1) is 24.3. The van der Waals surface area contributed by atoms with Crippen LogP contribution in [-0.2, 0) is 32.2 Å². The van der Waals surface area contributed by atoms with Gasteiger partial charge >= 0.3 is 0 Å². The van der Waals surface area contributed by atoms with Crippen molar-refractivity contribution in [1.29, 1.82) is 0 Å². The molecular weight excluding hydrogens is 628 g/mol. The number of aliphatic hydroxyl groups excluding tert-OH is 1. The van der Waals surface area contributed by atoms with Crippen LogP contribution in [0.3, 0.4) is 0 Å². The van der Waals surface area contributed by atoms with E-state index >= 15 is 0 Å². The van der Waals surface area contributed by atoms with E-state index in [2.05, 4.69) is 53.4 Å². The highest BCUT2D eigenvalue weighted by atomic mass is 16.7. The van der Waals surface area contributed by atoms with Crippen molar-refractivity contribution in [2.75, 3.05) is 31.2 Å². The summed E-state index contributed by atoms with van der Waals surface area (Å²) < 4.78 is 13.1. The molecule has 0 aliphatic carbocycles. The fourth-order valence-corrected chi connectivity index (χ4v) is 6.08. The lowest BCUT2D eigenvalue weighted by molar-refractivity contribution is -0.252. The highest BCUT2D eigenvalue weighted by molar-refractivity contribution is 5.93. The summed E-state index contributed by atoms with van der Waals surface area (Å²) in [5, 5.41) is 15.3. The molecule has 5 N–H and O–H groups in total. The molecule has 1 saturated heterocycles. The number of likely N-dealkylation sites (N-methyl/N-ethyl adjacent to an activating group) is 1. The molecule has 1 fully saturated rings. The molecule has 2 amide bonds. The van der Waals surface area contributed by atoms with E-state index in [1.807, 2.05) is 66.7 Å². The fourth-order valence-electron chi connectivity index (χ4n) is 6.08. The van der Waals surface area contributed by atoms with Crippen molar-refractivity contribution in [3.63, 3.8) is 0 Å². The zero-order chi connectivity index (χ0) is 35.3. The predicted octanol–water partition coefficient (Wildman–Crippen LogP) is 6.91. The van der Waals surface area contributed by atoms with E-state index in [4.69, 9.17) is 15.2 Å². The van der Waals surface area contributed by atoms with Crippen LogP contribution in [0.2, 0.25) is 0 Å². The molecule has 0 saturated carbocycles. The van der Waals surface area contributed by atoms with Gasteiger partial charge in [-0.05, 0) is 72.0 Å². The second kappa shape index (κ2) is 18.3. The molecule has 0 unspecified atom stereocenters. The van der Waals surface area contributed by atoms with Crippen molar-refractivity contribution in [3.8, 4) is 11.1 Å². The van der Waals surface area contributed by atoms with Gasteiger partial charge in [0, 0.05) is 44.5 Å². The molecule has 5 rings (SSSR count). The molecule has 0 aromatic heterocycles. The summed E-state index contributed by atoms with van der Waals surface area (Å²) in [5.41, 5.74) is 12.9. The van der Waals surface area contributed by atoms with Gasteiger partial charge in [-0.1, -0.05) is 78.9 Å². The van der Waals surface area contributed by atoms with Crippen molar-refractivity contribution >= 4 is 23.2 Å². The molecule has 3 atom stereocenters. The van der Waals surface area contributed by atoms with Crippen LogP contribution in [-0.4, -0.2) is 48.1 Å². The predicted molar refractivity (Wildman–Crippen MR) is 198 cm³/mol. The van der Waals surface area contributed by atoms with Crippen LogP contribution >= 0.6 is 0 Å². The van der Waals surface area contributed by atoms with Gasteiger partial charge in [-0.15, -0.1) is 6.58 Å². The fraction of sp³-hybridized carbons (Fsp3) is 0.317. The Labute approximate surface area is 295 Å². The Hall–Kier alpha value is -4.80. The number of carbonyl (C=O) groups is 2. The molecule has 4 aromatic carbocycles. The number of carbonyl (C=O) groups excluding carboxylic acids is 2. The minimum Gasteiger partial charge on any atom is -0.397 e. The number of unbranched alkanes of at least 4 members (excludes halogenated alkanes) is 1. The molecule has 0 radical (unpaired) electrons. The number of nitrogens with zero attached hydrogens (tertiary/aromatic N) is 1. The molecular formula is C41H48N4O5. The lowest BCUT2D eigenvalue weighted by Gasteiger charge is -2.37. The highest BCUT2D eigenvalue weighted by Crippen LogP contribution is 2.39. The summed E-state index contributed by atoms with van der Waals surface area (Å²) in [6.45, 7) is 5.78. The molecule has 9 nitrogen and oxygen atoms in total. The van der Waals surface area contributed by atoms with E-state index < -0.39 is 6.29 Å². The maximum atomic E-state index is 12.6. The van der Waals surface area contributed by atoms with Crippen molar-refractivity contribution in [1.82, 2.24) is 10.2 Å². The molecule has 1 aliphatic rings. The Kier molecular flexibility index (Phi) is 13.3. The third kappa shape index (κ3) is 10.6. The second-order valence-corrected chi connectivity index (χ2v) is 12.8. The van der Waals surface area contributed by atoms with Gasteiger partial charge in [-0.3, -0.25) is 9.59 Å². The summed E-state index contributed by atoms with van der Waals surface area (Å²) in [4.78, 5) is 27.0. The third-order valence-electron chi connectivity index (χ3n) is 8.77. The Balaban J connectivity index is 1.17. The second-order valence-electron chi connectivity index (χ2n) is 12.8. The first-order valence-corrected chi connectivity index (χ1v) is 17.2. The number of hydrogen-bond acceptors (Lipinski definition) is 7. The number of anilines is 2. The maximum Gasteiger partial charge on any atom is 0.224 e. The number of nitrogens with two attached hydrogens (primary N) is 1. The minimum atomic E-state index is -0.557. The lowest BCUT2D eigenvalue weighted by atomic mass is 9.98. The number of nitrogen functional groups attached to an aromatic ring is 1.